The second kappa shape index (κ2) is 5.29. The summed E-state index contributed by atoms with van der Waals surface area (Å²) in [4.78, 5) is 0. The van der Waals surface area contributed by atoms with E-state index in [0.717, 1.165) is 16.6 Å². The van der Waals surface area contributed by atoms with Crippen LogP contribution < -0.4 is 0 Å². The average molecular weight is 234 g/mol. The second-order valence-electron chi connectivity index (χ2n) is 4.10. The standard InChI is InChI=1S/C13H18N2O2/c1-3-17-9-10(16)8-12-11-6-4-5-7-13(11)15(2)14-12/h4-7,10,16H,3,8-9H2,1-2H3. The van der Waals surface area contributed by atoms with Crippen LogP contribution in [0, 0.1) is 0 Å². The monoisotopic (exact) mass is 234 g/mol. The summed E-state index contributed by atoms with van der Waals surface area (Å²) in [5, 5.41) is 15.4. The molecule has 1 aromatic heterocycles. The Hall–Kier alpha value is -1.39. The van der Waals surface area contributed by atoms with Crippen molar-refractivity contribution in [2.24, 2.45) is 7.05 Å². The summed E-state index contributed by atoms with van der Waals surface area (Å²) >= 11 is 0. The van der Waals surface area contributed by atoms with Crippen LogP contribution in [0.25, 0.3) is 10.9 Å². The Morgan fingerprint density at radius 3 is 2.94 bits per heavy atom. The highest BCUT2D eigenvalue weighted by molar-refractivity contribution is 5.81. The van der Waals surface area contributed by atoms with E-state index < -0.39 is 6.10 Å². The molecule has 1 unspecified atom stereocenters. The van der Waals surface area contributed by atoms with Gasteiger partial charge in [0.1, 0.15) is 0 Å². The minimum absolute atomic E-state index is 0.363. The highest BCUT2D eigenvalue weighted by atomic mass is 16.5. The van der Waals surface area contributed by atoms with Crippen LogP contribution in [0.5, 0.6) is 0 Å². The van der Waals surface area contributed by atoms with Crippen LogP contribution in [0.1, 0.15) is 12.6 Å². The molecule has 2 rings (SSSR count). The second-order valence-corrected chi connectivity index (χ2v) is 4.10. The van der Waals surface area contributed by atoms with Gasteiger partial charge in [0.05, 0.1) is 23.9 Å². The van der Waals surface area contributed by atoms with Crippen LogP contribution >= 0.6 is 0 Å². The number of aliphatic hydroxyl groups is 1. The van der Waals surface area contributed by atoms with Crippen LogP contribution in [0.2, 0.25) is 0 Å². The molecule has 0 fully saturated rings. The zero-order valence-corrected chi connectivity index (χ0v) is 10.3. The molecule has 0 saturated carbocycles. The molecule has 0 aliphatic heterocycles. The average Bonchev–Trinajstić information content (AvgIpc) is 2.65. The maximum atomic E-state index is 9.83. The fraction of sp³-hybridized carbons (Fsp3) is 0.462. The number of hydrogen-bond acceptors (Lipinski definition) is 3. The summed E-state index contributed by atoms with van der Waals surface area (Å²) in [6, 6.07) is 8.04. The lowest BCUT2D eigenvalue weighted by molar-refractivity contribution is 0.0426. The predicted molar refractivity (Wildman–Crippen MR) is 66.9 cm³/mol. The van der Waals surface area contributed by atoms with Gasteiger partial charge in [-0.25, -0.2) is 0 Å². The molecule has 1 aromatic carbocycles. The lowest BCUT2D eigenvalue weighted by atomic mass is 10.1. The number of hydrogen-bond donors (Lipinski definition) is 1. The minimum Gasteiger partial charge on any atom is -0.390 e. The molecule has 17 heavy (non-hydrogen) atoms. The Labute approximate surface area is 101 Å². The van der Waals surface area contributed by atoms with Crippen molar-refractivity contribution in [3.63, 3.8) is 0 Å². The zero-order valence-electron chi connectivity index (χ0n) is 10.3. The van der Waals surface area contributed by atoms with Gasteiger partial charge in [-0.1, -0.05) is 18.2 Å². The van der Waals surface area contributed by atoms with Gasteiger partial charge in [-0.05, 0) is 13.0 Å². The molecule has 0 aliphatic carbocycles. The molecule has 1 heterocycles. The first-order chi connectivity index (χ1) is 8.22. The summed E-state index contributed by atoms with van der Waals surface area (Å²) in [5.74, 6) is 0. The van der Waals surface area contributed by atoms with Crippen molar-refractivity contribution in [2.45, 2.75) is 19.4 Å². The lowest BCUT2D eigenvalue weighted by Crippen LogP contribution is -2.18. The van der Waals surface area contributed by atoms with Crippen molar-refractivity contribution >= 4 is 10.9 Å². The van der Waals surface area contributed by atoms with Crippen LogP contribution in [0.15, 0.2) is 24.3 Å². The topological polar surface area (TPSA) is 47.3 Å². The highest BCUT2D eigenvalue weighted by Gasteiger charge is 2.12. The fourth-order valence-corrected chi connectivity index (χ4v) is 1.98. The number of aliphatic hydroxyl groups excluding tert-OH is 1. The first-order valence-corrected chi connectivity index (χ1v) is 5.88. The van der Waals surface area contributed by atoms with Crippen molar-refractivity contribution in [1.82, 2.24) is 9.78 Å². The smallest absolute Gasteiger partial charge is 0.0829 e. The minimum atomic E-state index is -0.492. The number of rotatable bonds is 5. The molecular weight excluding hydrogens is 216 g/mol. The Bertz CT molecular complexity index is 493. The van der Waals surface area contributed by atoms with Gasteiger partial charge in [-0.15, -0.1) is 0 Å². The molecule has 1 N–H and O–H groups in total. The van der Waals surface area contributed by atoms with Gasteiger partial charge in [0.2, 0.25) is 0 Å². The Morgan fingerprint density at radius 1 is 1.41 bits per heavy atom. The van der Waals surface area contributed by atoms with E-state index in [1.165, 1.54) is 0 Å². The molecule has 4 nitrogen and oxygen atoms in total. The number of aryl methyl sites for hydroxylation is 1. The van der Waals surface area contributed by atoms with Gasteiger partial charge in [0.25, 0.3) is 0 Å². The SMILES string of the molecule is CCOCC(O)Cc1nn(C)c2ccccc12. The molecule has 0 saturated heterocycles. The van der Waals surface area contributed by atoms with Gasteiger partial charge in [-0.2, -0.15) is 5.10 Å². The molecule has 0 radical (unpaired) electrons. The summed E-state index contributed by atoms with van der Waals surface area (Å²) in [7, 11) is 1.92. The molecule has 0 bridgehead atoms. The van der Waals surface area contributed by atoms with Crippen molar-refractivity contribution < 1.29 is 9.84 Å². The van der Waals surface area contributed by atoms with E-state index in [1.54, 1.807) is 0 Å². The third-order valence-electron chi connectivity index (χ3n) is 2.78. The van der Waals surface area contributed by atoms with Crippen LogP contribution in [-0.4, -0.2) is 34.2 Å². The van der Waals surface area contributed by atoms with Gasteiger partial charge >= 0.3 is 0 Å². The Kier molecular flexibility index (Phi) is 3.76. The van der Waals surface area contributed by atoms with Crippen molar-refractivity contribution in [2.75, 3.05) is 13.2 Å². The first-order valence-electron chi connectivity index (χ1n) is 5.88. The van der Waals surface area contributed by atoms with Gasteiger partial charge in [-0.3, -0.25) is 4.68 Å². The Balaban J connectivity index is 2.18. The molecule has 1 atom stereocenters. The molecular formula is C13H18N2O2. The maximum absolute atomic E-state index is 9.83. The van der Waals surface area contributed by atoms with E-state index in [-0.39, 0.29) is 0 Å². The molecule has 92 valence electrons. The van der Waals surface area contributed by atoms with E-state index in [4.69, 9.17) is 4.74 Å². The summed E-state index contributed by atoms with van der Waals surface area (Å²) in [5.41, 5.74) is 2.02. The van der Waals surface area contributed by atoms with E-state index in [0.29, 0.717) is 19.6 Å². The summed E-state index contributed by atoms with van der Waals surface area (Å²) in [6.07, 6.45) is 0.0368. The number of para-hydroxylation sites is 1. The van der Waals surface area contributed by atoms with Crippen LogP contribution in [0.3, 0.4) is 0 Å². The molecule has 0 amide bonds. The number of ether oxygens (including phenoxy) is 1. The molecule has 0 spiro atoms. The van der Waals surface area contributed by atoms with E-state index >= 15 is 0 Å². The quantitative estimate of drug-likeness (QED) is 0.853. The largest absolute Gasteiger partial charge is 0.390 e. The highest BCUT2D eigenvalue weighted by Crippen LogP contribution is 2.18. The third-order valence-corrected chi connectivity index (χ3v) is 2.78. The molecule has 0 aliphatic rings. The summed E-state index contributed by atoms with van der Waals surface area (Å²) < 4.78 is 7.05. The maximum Gasteiger partial charge on any atom is 0.0829 e. The van der Waals surface area contributed by atoms with Crippen LogP contribution in [0.4, 0.5) is 0 Å². The van der Waals surface area contributed by atoms with Crippen molar-refractivity contribution in [3.8, 4) is 0 Å². The van der Waals surface area contributed by atoms with Crippen molar-refractivity contribution in [3.05, 3.63) is 30.0 Å². The van der Waals surface area contributed by atoms with E-state index in [2.05, 4.69) is 5.10 Å². The van der Waals surface area contributed by atoms with Gasteiger partial charge in [0, 0.05) is 25.5 Å². The van der Waals surface area contributed by atoms with Gasteiger partial charge < -0.3 is 9.84 Å². The Morgan fingerprint density at radius 2 is 2.18 bits per heavy atom. The molecule has 4 heteroatoms. The fourth-order valence-electron chi connectivity index (χ4n) is 1.98. The van der Waals surface area contributed by atoms with Crippen molar-refractivity contribution in [1.29, 1.82) is 0 Å². The van der Waals surface area contributed by atoms with Crippen LogP contribution in [-0.2, 0) is 18.2 Å². The predicted octanol–water partition coefficient (Wildman–Crippen LogP) is 1.51. The van der Waals surface area contributed by atoms with Gasteiger partial charge in [0.15, 0.2) is 0 Å². The normalized spacial score (nSPS) is 13.1. The number of benzene rings is 1. The zero-order chi connectivity index (χ0) is 12.3. The number of fused-ring (bicyclic) bond motifs is 1. The summed E-state index contributed by atoms with van der Waals surface area (Å²) in [6.45, 7) is 2.91. The number of nitrogens with zero attached hydrogens (tertiary/aromatic N) is 2. The van der Waals surface area contributed by atoms with E-state index in [1.807, 2.05) is 42.9 Å². The lowest BCUT2D eigenvalue weighted by Gasteiger charge is -2.08. The number of aromatic nitrogens is 2. The first kappa shape index (κ1) is 12.1. The third kappa shape index (κ3) is 2.65. The molecule has 2 aromatic rings. The van der Waals surface area contributed by atoms with E-state index in [9.17, 15) is 5.11 Å².